The van der Waals surface area contributed by atoms with Gasteiger partial charge in [-0.3, -0.25) is 4.90 Å². The molecule has 0 aromatic rings. The zero-order valence-electron chi connectivity index (χ0n) is 8.75. The van der Waals surface area contributed by atoms with Gasteiger partial charge in [-0.1, -0.05) is 12.8 Å². The molecule has 1 fully saturated rings. The SMILES string of the molecule is C#CC(C)(C)N1CC[C@H](O)[C@@H](C)C1. The van der Waals surface area contributed by atoms with Crippen molar-refractivity contribution in [3.05, 3.63) is 0 Å². The fourth-order valence-corrected chi connectivity index (χ4v) is 1.73. The molecule has 0 unspecified atom stereocenters. The maximum Gasteiger partial charge on any atom is 0.0766 e. The molecule has 1 heterocycles. The highest BCUT2D eigenvalue weighted by Crippen LogP contribution is 2.23. The van der Waals surface area contributed by atoms with Gasteiger partial charge < -0.3 is 5.11 Å². The van der Waals surface area contributed by atoms with Crippen LogP contribution in [0.2, 0.25) is 0 Å². The summed E-state index contributed by atoms with van der Waals surface area (Å²) in [5, 5.41) is 9.56. The summed E-state index contributed by atoms with van der Waals surface area (Å²) in [7, 11) is 0. The van der Waals surface area contributed by atoms with Crippen molar-refractivity contribution in [2.75, 3.05) is 13.1 Å². The van der Waals surface area contributed by atoms with E-state index in [1.807, 2.05) is 0 Å². The van der Waals surface area contributed by atoms with Gasteiger partial charge >= 0.3 is 0 Å². The molecule has 1 saturated heterocycles. The highest BCUT2D eigenvalue weighted by Gasteiger charge is 2.31. The maximum atomic E-state index is 9.56. The zero-order valence-corrected chi connectivity index (χ0v) is 8.75. The van der Waals surface area contributed by atoms with Crippen LogP contribution in [-0.4, -0.2) is 34.7 Å². The Morgan fingerprint density at radius 2 is 2.15 bits per heavy atom. The van der Waals surface area contributed by atoms with Crippen LogP contribution in [0, 0.1) is 18.3 Å². The van der Waals surface area contributed by atoms with Crippen LogP contribution < -0.4 is 0 Å². The van der Waals surface area contributed by atoms with E-state index in [9.17, 15) is 5.11 Å². The lowest BCUT2D eigenvalue weighted by Crippen LogP contribution is -2.51. The van der Waals surface area contributed by atoms with Gasteiger partial charge in [-0.15, -0.1) is 6.42 Å². The van der Waals surface area contributed by atoms with Crippen LogP contribution in [0.5, 0.6) is 0 Å². The molecule has 2 atom stereocenters. The molecule has 1 rings (SSSR count). The number of likely N-dealkylation sites (tertiary alicyclic amines) is 1. The van der Waals surface area contributed by atoms with Gasteiger partial charge in [0.2, 0.25) is 0 Å². The monoisotopic (exact) mass is 181 g/mol. The minimum absolute atomic E-state index is 0.148. The fraction of sp³-hybridized carbons (Fsp3) is 0.818. The van der Waals surface area contributed by atoms with E-state index in [4.69, 9.17) is 6.42 Å². The summed E-state index contributed by atoms with van der Waals surface area (Å²) in [6, 6.07) is 0. The van der Waals surface area contributed by atoms with Gasteiger partial charge in [-0.05, 0) is 26.2 Å². The molecule has 13 heavy (non-hydrogen) atoms. The van der Waals surface area contributed by atoms with Crippen molar-refractivity contribution in [3.8, 4) is 12.3 Å². The minimum atomic E-state index is -0.172. The van der Waals surface area contributed by atoms with E-state index in [1.54, 1.807) is 0 Å². The Hall–Kier alpha value is -0.520. The topological polar surface area (TPSA) is 23.5 Å². The number of rotatable bonds is 1. The van der Waals surface area contributed by atoms with Crippen LogP contribution in [0.3, 0.4) is 0 Å². The number of terminal acetylenes is 1. The van der Waals surface area contributed by atoms with E-state index in [1.165, 1.54) is 0 Å². The third-order valence-corrected chi connectivity index (χ3v) is 3.00. The van der Waals surface area contributed by atoms with Crippen LogP contribution in [0.4, 0.5) is 0 Å². The average molecular weight is 181 g/mol. The molecule has 1 aliphatic heterocycles. The molecule has 1 aliphatic rings. The van der Waals surface area contributed by atoms with Crippen molar-refractivity contribution in [1.82, 2.24) is 4.90 Å². The third kappa shape index (κ3) is 2.24. The normalized spacial score (nSPS) is 31.3. The van der Waals surface area contributed by atoms with Gasteiger partial charge in [0, 0.05) is 13.1 Å². The van der Waals surface area contributed by atoms with Crippen molar-refractivity contribution in [2.45, 2.75) is 38.8 Å². The Labute approximate surface area is 80.9 Å². The lowest BCUT2D eigenvalue weighted by molar-refractivity contribution is 0.00902. The van der Waals surface area contributed by atoms with Gasteiger partial charge in [0.1, 0.15) is 0 Å². The summed E-state index contributed by atoms with van der Waals surface area (Å²) in [6.45, 7) is 7.99. The van der Waals surface area contributed by atoms with Crippen molar-refractivity contribution in [3.63, 3.8) is 0 Å². The first-order valence-corrected chi connectivity index (χ1v) is 4.88. The smallest absolute Gasteiger partial charge is 0.0766 e. The van der Waals surface area contributed by atoms with Gasteiger partial charge in [0.15, 0.2) is 0 Å². The van der Waals surface area contributed by atoms with E-state index >= 15 is 0 Å². The van der Waals surface area contributed by atoms with E-state index in [2.05, 4.69) is 31.6 Å². The number of piperidine rings is 1. The Morgan fingerprint density at radius 1 is 1.54 bits per heavy atom. The standard InChI is InChI=1S/C11H19NO/c1-5-11(3,4)12-7-6-10(13)9(2)8-12/h1,9-10,13H,6-8H2,2-4H3/t9-,10-/m0/s1. The van der Waals surface area contributed by atoms with Crippen LogP contribution in [0.25, 0.3) is 0 Å². The first kappa shape index (κ1) is 10.6. The average Bonchev–Trinajstić information content (AvgIpc) is 2.09. The molecule has 0 aliphatic carbocycles. The number of aliphatic hydroxyl groups excluding tert-OH is 1. The third-order valence-electron chi connectivity index (χ3n) is 3.00. The van der Waals surface area contributed by atoms with E-state index in [0.29, 0.717) is 5.92 Å². The lowest BCUT2D eigenvalue weighted by atomic mass is 9.92. The first-order valence-electron chi connectivity index (χ1n) is 4.88. The second-order valence-electron chi connectivity index (χ2n) is 4.48. The van der Waals surface area contributed by atoms with E-state index in [0.717, 1.165) is 19.5 Å². The molecule has 0 aromatic carbocycles. The van der Waals surface area contributed by atoms with Crippen LogP contribution in [0.15, 0.2) is 0 Å². The van der Waals surface area contributed by atoms with Gasteiger partial charge in [0.25, 0.3) is 0 Å². The van der Waals surface area contributed by atoms with Gasteiger partial charge in [-0.2, -0.15) is 0 Å². The Morgan fingerprint density at radius 3 is 2.62 bits per heavy atom. The fourth-order valence-electron chi connectivity index (χ4n) is 1.73. The van der Waals surface area contributed by atoms with Crippen molar-refractivity contribution >= 4 is 0 Å². The van der Waals surface area contributed by atoms with Crippen molar-refractivity contribution in [2.24, 2.45) is 5.92 Å². The molecule has 0 radical (unpaired) electrons. The summed E-state index contributed by atoms with van der Waals surface area (Å²) in [5.41, 5.74) is -0.172. The molecule has 0 bridgehead atoms. The summed E-state index contributed by atoms with van der Waals surface area (Å²) in [6.07, 6.45) is 6.15. The number of hydrogen-bond acceptors (Lipinski definition) is 2. The number of aliphatic hydroxyl groups is 1. The molecule has 0 amide bonds. The van der Waals surface area contributed by atoms with Crippen LogP contribution in [0.1, 0.15) is 27.2 Å². The first-order chi connectivity index (χ1) is 5.97. The largest absolute Gasteiger partial charge is 0.393 e. The Kier molecular flexibility index (Phi) is 3.00. The second kappa shape index (κ2) is 3.69. The molecule has 0 spiro atoms. The highest BCUT2D eigenvalue weighted by atomic mass is 16.3. The molecular weight excluding hydrogens is 162 g/mol. The molecule has 0 saturated carbocycles. The van der Waals surface area contributed by atoms with Crippen LogP contribution in [-0.2, 0) is 0 Å². The predicted octanol–water partition coefficient (Wildman–Crippen LogP) is 1.10. The lowest BCUT2D eigenvalue weighted by Gasteiger charge is -2.41. The molecule has 2 nitrogen and oxygen atoms in total. The molecule has 2 heteroatoms. The number of nitrogens with zero attached hydrogens (tertiary/aromatic N) is 1. The molecule has 74 valence electrons. The summed E-state index contributed by atoms with van der Waals surface area (Å²) in [5.74, 6) is 3.13. The minimum Gasteiger partial charge on any atom is -0.393 e. The summed E-state index contributed by atoms with van der Waals surface area (Å²) >= 11 is 0. The van der Waals surface area contributed by atoms with Gasteiger partial charge in [0.05, 0.1) is 11.6 Å². The molecule has 0 aromatic heterocycles. The van der Waals surface area contributed by atoms with Crippen molar-refractivity contribution < 1.29 is 5.11 Å². The zero-order chi connectivity index (χ0) is 10.1. The summed E-state index contributed by atoms with van der Waals surface area (Å²) in [4.78, 5) is 2.27. The summed E-state index contributed by atoms with van der Waals surface area (Å²) < 4.78 is 0. The Balaban J connectivity index is 2.61. The number of hydrogen-bond donors (Lipinski definition) is 1. The Bertz CT molecular complexity index is 217. The maximum absolute atomic E-state index is 9.56. The van der Waals surface area contributed by atoms with Crippen LogP contribution >= 0.6 is 0 Å². The molecular formula is C11H19NO. The predicted molar refractivity (Wildman–Crippen MR) is 54.3 cm³/mol. The quantitative estimate of drug-likeness (QED) is 0.612. The van der Waals surface area contributed by atoms with Crippen molar-refractivity contribution in [1.29, 1.82) is 0 Å². The second-order valence-corrected chi connectivity index (χ2v) is 4.48. The van der Waals surface area contributed by atoms with E-state index < -0.39 is 0 Å². The highest BCUT2D eigenvalue weighted by molar-refractivity contribution is 5.09. The van der Waals surface area contributed by atoms with E-state index in [-0.39, 0.29) is 11.6 Å². The van der Waals surface area contributed by atoms with Gasteiger partial charge in [-0.25, -0.2) is 0 Å². The molecule has 1 N–H and O–H groups in total.